The summed E-state index contributed by atoms with van der Waals surface area (Å²) < 4.78 is 5.12. The van der Waals surface area contributed by atoms with Crippen molar-refractivity contribution in [2.45, 2.75) is 25.1 Å². The second kappa shape index (κ2) is 6.85. The van der Waals surface area contributed by atoms with Crippen molar-refractivity contribution in [1.82, 2.24) is 4.90 Å². The molecule has 2 rings (SSSR count). The van der Waals surface area contributed by atoms with E-state index in [9.17, 15) is 9.59 Å². The average Bonchev–Trinajstić information content (AvgIpc) is 2.47. The van der Waals surface area contributed by atoms with Gasteiger partial charge in [-0.15, -0.1) is 0 Å². The highest BCUT2D eigenvalue weighted by Crippen LogP contribution is 2.26. The molecule has 0 radical (unpaired) electrons. The number of nitrogens with zero attached hydrogens (tertiary/aromatic N) is 1. The number of aliphatic carboxylic acids is 1. The molecule has 0 aromatic heterocycles. The first-order valence-corrected chi connectivity index (χ1v) is 7.91. The molecule has 0 saturated carbocycles. The maximum absolute atomic E-state index is 12.6. The molecular weight excluding hydrogens is 290 g/mol. The van der Waals surface area contributed by atoms with Gasteiger partial charge in [0.1, 0.15) is 5.75 Å². The SMILES string of the molecule is CC1SCCN(C(=O)c2cccc(OCC(=O)O)c2)C1C. The molecule has 5 nitrogen and oxygen atoms in total. The molecule has 6 heteroatoms. The standard InChI is InChI=1S/C15H19NO4S/c1-10-11(2)21-7-6-16(10)15(19)12-4-3-5-13(8-12)20-9-14(17)18/h3-5,8,10-11H,6-7,9H2,1-2H3,(H,17,18). The topological polar surface area (TPSA) is 66.8 Å². The van der Waals surface area contributed by atoms with Crippen LogP contribution in [0.4, 0.5) is 0 Å². The minimum atomic E-state index is -1.04. The van der Waals surface area contributed by atoms with Crippen molar-refractivity contribution in [3.05, 3.63) is 29.8 Å². The van der Waals surface area contributed by atoms with Gasteiger partial charge < -0.3 is 14.7 Å². The number of carboxylic acid groups (broad SMARTS) is 1. The quantitative estimate of drug-likeness (QED) is 0.923. The molecule has 0 aliphatic carbocycles. The first-order chi connectivity index (χ1) is 9.99. The van der Waals surface area contributed by atoms with E-state index >= 15 is 0 Å². The largest absolute Gasteiger partial charge is 0.482 e. The van der Waals surface area contributed by atoms with E-state index in [1.54, 1.807) is 24.3 Å². The summed E-state index contributed by atoms with van der Waals surface area (Å²) in [5.74, 6) is 0.264. The van der Waals surface area contributed by atoms with Gasteiger partial charge in [-0.2, -0.15) is 11.8 Å². The number of carbonyl (C=O) groups excluding carboxylic acids is 1. The third-order valence-electron chi connectivity index (χ3n) is 3.59. The third-order valence-corrected chi connectivity index (χ3v) is 4.93. The van der Waals surface area contributed by atoms with Crippen LogP contribution in [0.1, 0.15) is 24.2 Å². The van der Waals surface area contributed by atoms with Crippen LogP contribution >= 0.6 is 11.8 Å². The minimum Gasteiger partial charge on any atom is -0.482 e. The van der Waals surface area contributed by atoms with Gasteiger partial charge in [0.2, 0.25) is 0 Å². The maximum Gasteiger partial charge on any atom is 0.341 e. The summed E-state index contributed by atoms with van der Waals surface area (Å²) in [6.07, 6.45) is 0. The van der Waals surface area contributed by atoms with Crippen LogP contribution < -0.4 is 4.74 Å². The van der Waals surface area contributed by atoms with E-state index in [2.05, 4.69) is 13.8 Å². The lowest BCUT2D eigenvalue weighted by molar-refractivity contribution is -0.139. The number of amides is 1. The lowest BCUT2D eigenvalue weighted by Crippen LogP contribution is -2.47. The highest BCUT2D eigenvalue weighted by molar-refractivity contribution is 8.00. The summed E-state index contributed by atoms with van der Waals surface area (Å²) >= 11 is 1.87. The molecule has 1 N–H and O–H groups in total. The summed E-state index contributed by atoms with van der Waals surface area (Å²) in [5, 5.41) is 9.03. The second-order valence-electron chi connectivity index (χ2n) is 5.03. The fourth-order valence-electron chi connectivity index (χ4n) is 2.25. The first kappa shape index (κ1) is 15.7. The molecule has 0 bridgehead atoms. The van der Waals surface area contributed by atoms with Crippen LogP contribution in [-0.4, -0.2) is 52.1 Å². The predicted molar refractivity (Wildman–Crippen MR) is 82.0 cm³/mol. The van der Waals surface area contributed by atoms with E-state index in [-0.39, 0.29) is 11.9 Å². The van der Waals surface area contributed by atoms with Gasteiger partial charge in [0, 0.05) is 29.2 Å². The molecule has 1 amide bonds. The zero-order chi connectivity index (χ0) is 15.4. The van der Waals surface area contributed by atoms with E-state index in [4.69, 9.17) is 9.84 Å². The Morgan fingerprint density at radius 3 is 2.90 bits per heavy atom. The Morgan fingerprint density at radius 1 is 1.43 bits per heavy atom. The summed E-state index contributed by atoms with van der Waals surface area (Å²) in [6, 6.07) is 6.87. The maximum atomic E-state index is 12.6. The molecule has 1 saturated heterocycles. The van der Waals surface area contributed by atoms with Gasteiger partial charge >= 0.3 is 5.97 Å². The summed E-state index contributed by atoms with van der Waals surface area (Å²) in [7, 11) is 0. The minimum absolute atomic E-state index is 0.0320. The Labute approximate surface area is 128 Å². The number of carboxylic acids is 1. The normalized spacial score (nSPS) is 21.9. The van der Waals surface area contributed by atoms with Crippen molar-refractivity contribution in [2.24, 2.45) is 0 Å². The van der Waals surface area contributed by atoms with E-state index in [0.29, 0.717) is 16.6 Å². The summed E-state index contributed by atoms with van der Waals surface area (Å²) in [6.45, 7) is 4.50. The molecule has 2 unspecified atom stereocenters. The number of carbonyl (C=O) groups is 2. The third kappa shape index (κ3) is 3.91. The van der Waals surface area contributed by atoms with Gasteiger partial charge in [-0.05, 0) is 25.1 Å². The van der Waals surface area contributed by atoms with Gasteiger partial charge in [-0.25, -0.2) is 4.79 Å². The Bertz CT molecular complexity index is 534. The van der Waals surface area contributed by atoms with Crippen molar-refractivity contribution in [2.75, 3.05) is 18.9 Å². The molecular formula is C15H19NO4S. The van der Waals surface area contributed by atoms with Crippen molar-refractivity contribution >= 4 is 23.6 Å². The van der Waals surface area contributed by atoms with Crippen LogP contribution in [0.25, 0.3) is 0 Å². The summed E-state index contributed by atoms with van der Waals surface area (Å²) in [5.41, 5.74) is 0.531. The first-order valence-electron chi connectivity index (χ1n) is 6.86. The van der Waals surface area contributed by atoms with Crippen molar-refractivity contribution in [3.63, 3.8) is 0 Å². The lowest BCUT2D eigenvalue weighted by atomic mass is 10.1. The molecule has 1 aromatic rings. The van der Waals surface area contributed by atoms with Crippen LogP contribution in [0, 0.1) is 0 Å². The Kier molecular flexibility index (Phi) is 5.12. The molecule has 1 heterocycles. The number of benzene rings is 1. The van der Waals surface area contributed by atoms with Crippen molar-refractivity contribution in [1.29, 1.82) is 0 Å². The highest BCUT2D eigenvalue weighted by atomic mass is 32.2. The van der Waals surface area contributed by atoms with Crippen molar-refractivity contribution in [3.8, 4) is 5.75 Å². The average molecular weight is 309 g/mol. The number of thioether (sulfide) groups is 1. The van der Waals surface area contributed by atoms with Crippen LogP contribution in [-0.2, 0) is 4.79 Å². The molecule has 2 atom stereocenters. The Balaban J connectivity index is 2.11. The van der Waals surface area contributed by atoms with Crippen molar-refractivity contribution < 1.29 is 19.4 Å². The van der Waals surface area contributed by atoms with Crippen LogP contribution in [0.5, 0.6) is 5.75 Å². The predicted octanol–water partition coefficient (Wildman–Crippen LogP) is 2.12. The van der Waals surface area contributed by atoms with Gasteiger partial charge in [-0.1, -0.05) is 13.0 Å². The van der Waals surface area contributed by atoms with Crippen LogP contribution in [0.3, 0.4) is 0 Å². The van der Waals surface area contributed by atoms with E-state index in [0.717, 1.165) is 12.3 Å². The van der Waals surface area contributed by atoms with Crippen LogP contribution in [0.15, 0.2) is 24.3 Å². The fourth-order valence-corrected chi connectivity index (χ4v) is 3.35. The molecule has 1 aliphatic rings. The number of hydrogen-bond acceptors (Lipinski definition) is 4. The van der Waals surface area contributed by atoms with Gasteiger partial charge in [-0.3, -0.25) is 4.79 Å². The lowest BCUT2D eigenvalue weighted by Gasteiger charge is -2.37. The highest BCUT2D eigenvalue weighted by Gasteiger charge is 2.29. The number of ether oxygens (including phenoxy) is 1. The van der Waals surface area contributed by atoms with Gasteiger partial charge in [0.25, 0.3) is 5.91 Å². The van der Waals surface area contributed by atoms with Gasteiger partial charge in [0.05, 0.1) is 0 Å². The van der Waals surface area contributed by atoms with Gasteiger partial charge in [0.15, 0.2) is 6.61 Å². The zero-order valence-corrected chi connectivity index (χ0v) is 12.9. The molecule has 114 valence electrons. The van der Waals surface area contributed by atoms with E-state index < -0.39 is 12.6 Å². The molecule has 0 spiro atoms. The van der Waals surface area contributed by atoms with E-state index in [1.165, 1.54) is 0 Å². The molecule has 1 aromatic carbocycles. The van der Waals surface area contributed by atoms with E-state index in [1.807, 2.05) is 16.7 Å². The fraction of sp³-hybridized carbons (Fsp3) is 0.467. The zero-order valence-electron chi connectivity index (χ0n) is 12.1. The molecule has 21 heavy (non-hydrogen) atoms. The van der Waals surface area contributed by atoms with Crippen LogP contribution in [0.2, 0.25) is 0 Å². The smallest absolute Gasteiger partial charge is 0.341 e. The monoisotopic (exact) mass is 309 g/mol. The Morgan fingerprint density at radius 2 is 2.19 bits per heavy atom. The number of rotatable bonds is 4. The molecule has 1 fully saturated rings. The summed E-state index contributed by atoms with van der Waals surface area (Å²) in [4.78, 5) is 25.0. The number of hydrogen-bond donors (Lipinski definition) is 1. The molecule has 1 aliphatic heterocycles. The Hall–Kier alpha value is -1.69. The second-order valence-corrected chi connectivity index (χ2v) is 6.51.